The number of ether oxygens (including phenoxy) is 1. The van der Waals surface area contributed by atoms with Crippen molar-refractivity contribution in [1.82, 2.24) is 0 Å². The number of hydrogen-bond acceptors (Lipinski definition) is 2. The van der Waals surface area contributed by atoms with E-state index in [0.29, 0.717) is 6.61 Å². The molecule has 1 heterocycles. The van der Waals surface area contributed by atoms with Crippen LogP contribution in [0.4, 0.5) is 0 Å². The van der Waals surface area contributed by atoms with Crippen LogP contribution in [0.5, 0.6) is 5.75 Å². The van der Waals surface area contributed by atoms with Crippen LogP contribution >= 0.6 is 15.9 Å². The predicted molar refractivity (Wildman–Crippen MR) is 79.4 cm³/mol. The molecule has 0 N–H and O–H groups in total. The Bertz CT molecular complexity index is 716. The van der Waals surface area contributed by atoms with E-state index >= 15 is 0 Å². The molecule has 0 unspecified atom stereocenters. The standard InChI is InChI=1S/C16H13BrO2/c1-11-5-6-15-12(10-19-16(15)7-11)9-18-14-4-2-3-13(17)8-14/h2-8,10H,9H2,1H3. The second-order valence-electron chi connectivity index (χ2n) is 4.51. The molecule has 0 spiro atoms. The normalized spacial score (nSPS) is 10.8. The van der Waals surface area contributed by atoms with Crippen molar-refractivity contribution in [3.8, 4) is 5.75 Å². The smallest absolute Gasteiger partial charge is 0.134 e. The van der Waals surface area contributed by atoms with Gasteiger partial charge >= 0.3 is 0 Å². The minimum absolute atomic E-state index is 0.506. The molecule has 96 valence electrons. The quantitative estimate of drug-likeness (QED) is 0.672. The molecule has 0 fully saturated rings. The second-order valence-corrected chi connectivity index (χ2v) is 5.42. The van der Waals surface area contributed by atoms with E-state index < -0.39 is 0 Å². The molecule has 0 radical (unpaired) electrons. The Morgan fingerprint density at radius 1 is 1.16 bits per heavy atom. The first-order valence-electron chi connectivity index (χ1n) is 6.07. The first-order chi connectivity index (χ1) is 9.22. The molecule has 0 aliphatic carbocycles. The van der Waals surface area contributed by atoms with Crippen molar-refractivity contribution >= 4 is 26.9 Å². The van der Waals surface area contributed by atoms with Crippen LogP contribution in [0.25, 0.3) is 11.0 Å². The maximum Gasteiger partial charge on any atom is 0.134 e. The fourth-order valence-corrected chi connectivity index (χ4v) is 2.40. The lowest BCUT2D eigenvalue weighted by atomic mass is 10.1. The Labute approximate surface area is 120 Å². The Balaban J connectivity index is 1.82. The van der Waals surface area contributed by atoms with Gasteiger partial charge in [-0.05, 0) is 36.8 Å². The van der Waals surface area contributed by atoms with Crippen LogP contribution in [0, 0.1) is 6.92 Å². The highest BCUT2D eigenvalue weighted by atomic mass is 79.9. The van der Waals surface area contributed by atoms with E-state index in [4.69, 9.17) is 9.15 Å². The summed E-state index contributed by atoms with van der Waals surface area (Å²) in [5.74, 6) is 0.843. The number of furan rings is 1. The predicted octanol–water partition coefficient (Wildman–Crippen LogP) is 5.08. The lowest BCUT2D eigenvalue weighted by Crippen LogP contribution is -1.94. The van der Waals surface area contributed by atoms with Gasteiger partial charge in [0.15, 0.2) is 0 Å². The molecule has 19 heavy (non-hydrogen) atoms. The molecular formula is C16H13BrO2. The summed E-state index contributed by atoms with van der Waals surface area (Å²) in [6.45, 7) is 2.56. The first kappa shape index (κ1) is 12.3. The minimum Gasteiger partial charge on any atom is -0.489 e. The van der Waals surface area contributed by atoms with Gasteiger partial charge in [0.05, 0.1) is 6.26 Å². The van der Waals surface area contributed by atoms with Crippen molar-refractivity contribution in [3.05, 3.63) is 64.3 Å². The molecular weight excluding hydrogens is 304 g/mol. The maximum absolute atomic E-state index is 5.78. The van der Waals surface area contributed by atoms with Gasteiger partial charge < -0.3 is 9.15 Å². The highest BCUT2D eigenvalue weighted by Gasteiger charge is 2.06. The third kappa shape index (κ3) is 2.66. The third-order valence-electron chi connectivity index (χ3n) is 3.00. The number of fused-ring (bicyclic) bond motifs is 1. The lowest BCUT2D eigenvalue weighted by molar-refractivity contribution is 0.306. The molecule has 2 nitrogen and oxygen atoms in total. The van der Waals surface area contributed by atoms with Gasteiger partial charge in [-0.15, -0.1) is 0 Å². The van der Waals surface area contributed by atoms with Crippen molar-refractivity contribution in [2.45, 2.75) is 13.5 Å². The average Bonchev–Trinajstić information content (AvgIpc) is 2.78. The molecule has 0 saturated carbocycles. The summed E-state index contributed by atoms with van der Waals surface area (Å²) >= 11 is 3.43. The van der Waals surface area contributed by atoms with E-state index in [1.165, 1.54) is 5.56 Å². The van der Waals surface area contributed by atoms with Crippen LogP contribution in [0.3, 0.4) is 0 Å². The molecule has 0 atom stereocenters. The van der Waals surface area contributed by atoms with E-state index in [9.17, 15) is 0 Å². The fourth-order valence-electron chi connectivity index (χ4n) is 2.02. The van der Waals surface area contributed by atoms with Crippen LogP contribution < -0.4 is 4.74 Å². The molecule has 0 saturated heterocycles. The van der Waals surface area contributed by atoms with Crippen LogP contribution in [0.15, 0.2) is 57.6 Å². The van der Waals surface area contributed by atoms with Gasteiger partial charge in [-0.25, -0.2) is 0 Å². The summed E-state index contributed by atoms with van der Waals surface area (Å²) in [5, 5.41) is 1.11. The topological polar surface area (TPSA) is 22.4 Å². The van der Waals surface area contributed by atoms with Crippen LogP contribution in [-0.2, 0) is 6.61 Å². The van der Waals surface area contributed by atoms with Crippen LogP contribution in [0.1, 0.15) is 11.1 Å². The van der Waals surface area contributed by atoms with Gasteiger partial charge in [-0.1, -0.05) is 34.1 Å². The molecule has 0 aliphatic rings. The lowest BCUT2D eigenvalue weighted by Gasteiger charge is -2.05. The summed E-state index contributed by atoms with van der Waals surface area (Å²) in [5.41, 5.74) is 3.17. The zero-order valence-electron chi connectivity index (χ0n) is 10.5. The summed E-state index contributed by atoms with van der Waals surface area (Å²) in [7, 11) is 0. The number of aryl methyl sites for hydroxylation is 1. The van der Waals surface area contributed by atoms with Gasteiger partial charge in [-0.2, -0.15) is 0 Å². The van der Waals surface area contributed by atoms with E-state index in [1.54, 1.807) is 6.26 Å². The van der Waals surface area contributed by atoms with Crippen LogP contribution in [0.2, 0.25) is 0 Å². The van der Waals surface area contributed by atoms with Crippen molar-refractivity contribution in [3.63, 3.8) is 0 Å². The number of benzene rings is 2. The summed E-state index contributed by atoms with van der Waals surface area (Å²) in [6.07, 6.45) is 1.77. The number of rotatable bonds is 3. The molecule has 3 aromatic rings. The fraction of sp³-hybridized carbons (Fsp3) is 0.125. The van der Waals surface area contributed by atoms with Gasteiger partial charge in [0.2, 0.25) is 0 Å². The van der Waals surface area contributed by atoms with Crippen molar-refractivity contribution < 1.29 is 9.15 Å². The Morgan fingerprint density at radius 2 is 2.05 bits per heavy atom. The second kappa shape index (κ2) is 5.10. The Hall–Kier alpha value is -1.74. The van der Waals surface area contributed by atoms with Gasteiger partial charge in [0.25, 0.3) is 0 Å². The molecule has 1 aromatic heterocycles. The summed E-state index contributed by atoms with van der Waals surface area (Å²) < 4.78 is 12.3. The molecule has 0 bridgehead atoms. The van der Waals surface area contributed by atoms with Crippen molar-refractivity contribution in [1.29, 1.82) is 0 Å². The highest BCUT2D eigenvalue weighted by Crippen LogP contribution is 2.24. The van der Waals surface area contributed by atoms with Crippen molar-refractivity contribution in [2.75, 3.05) is 0 Å². The number of halogens is 1. The monoisotopic (exact) mass is 316 g/mol. The van der Waals surface area contributed by atoms with E-state index in [1.807, 2.05) is 30.3 Å². The zero-order chi connectivity index (χ0) is 13.2. The van der Waals surface area contributed by atoms with Gasteiger partial charge in [0.1, 0.15) is 17.9 Å². The molecule has 0 amide bonds. The van der Waals surface area contributed by atoms with Crippen molar-refractivity contribution in [2.24, 2.45) is 0 Å². The molecule has 2 aromatic carbocycles. The largest absolute Gasteiger partial charge is 0.489 e. The van der Waals surface area contributed by atoms with E-state index in [2.05, 4.69) is 35.0 Å². The average molecular weight is 317 g/mol. The molecule has 3 heteroatoms. The van der Waals surface area contributed by atoms with Gasteiger partial charge in [-0.3, -0.25) is 0 Å². The number of hydrogen-bond donors (Lipinski definition) is 0. The van der Waals surface area contributed by atoms with Gasteiger partial charge in [0, 0.05) is 15.4 Å². The SMILES string of the molecule is Cc1ccc2c(COc3cccc(Br)c3)coc2c1. The summed E-state index contributed by atoms with van der Waals surface area (Å²) in [4.78, 5) is 0. The van der Waals surface area contributed by atoms with Crippen LogP contribution in [-0.4, -0.2) is 0 Å². The molecule has 0 aliphatic heterocycles. The first-order valence-corrected chi connectivity index (χ1v) is 6.87. The van der Waals surface area contributed by atoms with E-state index in [-0.39, 0.29) is 0 Å². The maximum atomic E-state index is 5.78. The Kier molecular flexibility index (Phi) is 3.30. The Morgan fingerprint density at radius 3 is 2.89 bits per heavy atom. The minimum atomic E-state index is 0.506. The summed E-state index contributed by atoms with van der Waals surface area (Å²) in [6, 6.07) is 14.0. The zero-order valence-corrected chi connectivity index (χ0v) is 12.1. The highest BCUT2D eigenvalue weighted by molar-refractivity contribution is 9.10. The van der Waals surface area contributed by atoms with E-state index in [0.717, 1.165) is 26.8 Å². The third-order valence-corrected chi connectivity index (χ3v) is 3.49. The molecule has 3 rings (SSSR count).